The molecule has 0 aromatic heterocycles. The molecule has 0 spiro atoms. The van der Waals surface area contributed by atoms with Crippen molar-refractivity contribution in [2.45, 2.75) is 33.4 Å². The highest BCUT2D eigenvalue weighted by Crippen LogP contribution is 2.34. The average Bonchev–Trinajstić information content (AvgIpc) is 2.12. The van der Waals surface area contributed by atoms with Crippen LogP contribution >= 0.6 is 0 Å². The minimum absolute atomic E-state index is 0.0123. The lowest BCUT2D eigenvalue weighted by molar-refractivity contribution is -1.17. The van der Waals surface area contributed by atoms with Crippen LogP contribution in [0, 0.1) is 10.8 Å². The molecule has 0 aromatic rings. The third-order valence-corrected chi connectivity index (χ3v) is 4.96. The average molecular weight is 210 g/mol. The number of rotatable bonds is 1. The maximum atomic E-state index is 12.4. The zero-order valence-corrected chi connectivity index (χ0v) is 10.0. The highest BCUT2D eigenvalue weighted by Gasteiger charge is 2.67. The Morgan fingerprint density at radius 3 is 1.87 bits per heavy atom. The Morgan fingerprint density at radius 1 is 1.13 bits per heavy atom. The van der Waals surface area contributed by atoms with Crippen LogP contribution in [0.25, 0.3) is 0 Å². The summed E-state index contributed by atoms with van der Waals surface area (Å²) in [5, 5.41) is 0. The molecule has 4 aliphatic rings. The summed E-state index contributed by atoms with van der Waals surface area (Å²) in [5.74, 6) is 0.553. The van der Waals surface area contributed by atoms with Crippen molar-refractivity contribution in [2.24, 2.45) is 10.8 Å². The van der Waals surface area contributed by atoms with Gasteiger partial charge in [-0.3, -0.25) is 14.6 Å². The summed E-state index contributed by atoms with van der Waals surface area (Å²) in [5.41, 5.74) is -0.0246. The first-order valence-corrected chi connectivity index (χ1v) is 6.23. The zero-order valence-electron chi connectivity index (χ0n) is 10.0. The molecule has 4 rings (SSSR count). The van der Waals surface area contributed by atoms with Gasteiger partial charge in [-0.1, -0.05) is 6.92 Å². The van der Waals surface area contributed by atoms with E-state index in [0.717, 1.165) is 32.3 Å². The lowest BCUT2D eigenvalue weighted by Crippen LogP contribution is -3.45. The largest absolute Gasteiger partial charge is 0.297 e. The van der Waals surface area contributed by atoms with Crippen LogP contribution in [0.2, 0.25) is 0 Å². The van der Waals surface area contributed by atoms with Gasteiger partial charge >= 0.3 is 0 Å². The first kappa shape index (κ1) is 9.79. The first-order chi connectivity index (χ1) is 6.98. The van der Waals surface area contributed by atoms with E-state index in [1.165, 1.54) is 6.42 Å². The normalized spacial score (nSPS) is 57.5. The Hall–Kier alpha value is -0.410. The van der Waals surface area contributed by atoms with Crippen LogP contribution in [0.4, 0.5) is 0 Å². The molecule has 4 saturated heterocycles. The molecule has 3 nitrogen and oxygen atoms in total. The minimum atomic E-state index is -0.0123. The first-order valence-electron chi connectivity index (χ1n) is 6.23. The number of ketones is 1. The molecule has 4 bridgehead atoms. The lowest BCUT2D eigenvalue weighted by Gasteiger charge is -2.58. The monoisotopic (exact) mass is 210 g/mol. The quantitative estimate of drug-likeness (QED) is 0.520. The molecule has 0 aromatic carbocycles. The lowest BCUT2D eigenvalue weighted by atomic mass is 9.62. The zero-order chi connectivity index (χ0) is 10.8. The second kappa shape index (κ2) is 2.64. The fraction of sp³-hybridized carbons (Fsp3) is 0.917. The molecule has 0 amide bonds. The van der Waals surface area contributed by atoms with Gasteiger partial charge in [0.15, 0.2) is 5.78 Å². The van der Waals surface area contributed by atoms with Gasteiger partial charge in [0.1, 0.15) is 10.8 Å². The van der Waals surface area contributed by atoms with Crippen LogP contribution in [-0.2, 0) is 4.79 Å². The molecule has 2 N–H and O–H groups in total. The van der Waals surface area contributed by atoms with Crippen molar-refractivity contribution in [1.82, 2.24) is 0 Å². The summed E-state index contributed by atoms with van der Waals surface area (Å²) in [7, 11) is 0. The molecule has 4 heterocycles. The smallest absolute Gasteiger partial charge is 0.213 e. The number of carbonyl (C=O) groups is 1. The number of carbonyl (C=O) groups excluding carboxylic acids is 1. The van der Waals surface area contributed by atoms with E-state index in [1.54, 1.807) is 9.80 Å². The predicted octanol–water partition coefficient (Wildman–Crippen LogP) is -1.89. The Labute approximate surface area is 91.4 Å². The number of piperidine rings is 2. The Bertz CT molecular complexity index is 286. The highest BCUT2D eigenvalue weighted by atomic mass is 16.1. The van der Waals surface area contributed by atoms with Crippen molar-refractivity contribution in [3.63, 3.8) is 0 Å². The molecular weight excluding hydrogens is 188 g/mol. The summed E-state index contributed by atoms with van der Waals surface area (Å²) in [6.07, 6.45) is 2.02. The van der Waals surface area contributed by atoms with Gasteiger partial charge in [-0.25, -0.2) is 0 Å². The highest BCUT2D eigenvalue weighted by molar-refractivity contribution is 5.91. The second-order valence-corrected chi connectivity index (χ2v) is 6.43. The van der Waals surface area contributed by atoms with E-state index in [1.807, 2.05) is 0 Å². The Morgan fingerprint density at radius 2 is 1.53 bits per heavy atom. The third kappa shape index (κ3) is 1.06. The molecule has 84 valence electrons. The van der Waals surface area contributed by atoms with E-state index < -0.39 is 0 Å². The fourth-order valence-electron chi connectivity index (χ4n) is 4.66. The van der Waals surface area contributed by atoms with Crippen molar-refractivity contribution in [3.05, 3.63) is 0 Å². The van der Waals surface area contributed by atoms with E-state index in [-0.39, 0.29) is 10.8 Å². The maximum absolute atomic E-state index is 12.4. The van der Waals surface area contributed by atoms with Gasteiger partial charge in [-0.15, -0.1) is 0 Å². The van der Waals surface area contributed by atoms with Crippen molar-refractivity contribution in [1.29, 1.82) is 0 Å². The minimum Gasteiger partial charge on any atom is -0.297 e. The number of Topliss-reactive ketones (excluding diaryl/α,β-unsaturated/α-hetero) is 1. The summed E-state index contributed by atoms with van der Waals surface area (Å²) in [4.78, 5) is 15.8. The Balaban J connectivity index is 2.02. The molecule has 0 atom stereocenters. The number of hydrogen-bond donors (Lipinski definition) is 2. The van der Waals surface area contributed by atoms with Crippen molar-refractivity contribution >= 4 is 5.78 Å². The van der Waals surface area contributed by atoms with E-state index in [4.69, 9.17) is 0 Å². The van der Waals surface area contributed by atoms with Crippen molar-refractivity contribution in [2.75, 3.05) is 26.2 Å². The summed E-state index contributed by atoms with van der Waals surface area (Å²) < 4.78 is 0. The van der Waals surface area contributed by atoms with Crippen LogP contribution in [0.3, 0.4) is 0 Å². The maximum Gasteiger partial charge on any atom is 0.213 e. The predicted molar refractivity (Wildman–Crippen MR) is 56.7 cm³/mol. The van der Waals surface area contributed by atoms with Gasteiger partial charge in [-0.2, -0.15) is 0 Å². The van der Waals surface area contributed by atoms with E-state index in [0.29, 0.717) is 5.78 Å². The molecule has 15 heavy (non-hydrogen) atoms. The topological polar surface area (TPSA) is 26.0 Å². The molecule has 0 aliphatic carbocycles. The number of nitrogens with one attached hydrogen (secondary N) is 2. The summed E-state index contributed by atoms with van der Waals surface area (Å²) >= 11 is 0. The van der Waals surface area contributed by atoms with Gasteiger partial charge in [0.2, 0.25) is 6.17 Å². The molecule has 3 heteroatoms. The van der Waals surface area contributed by atoms with Crippen LogP contribution in [0.15, 0.2) is 0 Å². The van der Waals surface area contributed by atoms with Crippen molar-refractivity contribution < 1.29 is 14.6 Å². The van der Waals surface area contributed by atoms with Gasteiger partial charge in [-0.05, 0) is 13.8 Å². The summed E-state index contributed by atoms with van der Waals surface area (Å²) in [6, 6.07) is 0. The van der Waals surface area contributed by atoms with Gasteiger partial charge in [0.25, 0.3) is 0 Å². The second-order valence-electron chi connectivity index (χ2n) is 6.43. The van der Waals surface area contributed by atoms with Gasteiger partial charge < -0.3 is 0 Å². The van der Waals surface area contributed by atoms with E-state index >= 15 is 0 Å². The van der Waals surface area contributed by atoms with E-state index in [2.05, 4.69) is 20.8 Å². The van der Waals surface area contributed by atoms with Gasteiger partial charge in [0, 0.05) is 0 Å². The fourth-order valence-corrected chi connectivity index (χ4v) is 4.66. The molecule has 0 saturated carbocycles. The van der Waals surface area contributed by atoms with E-state index in [9.17, 15) is 4.79 Å². The number of quaternary nitrogens is 2. The number of hydrogen-bond acceptors (Lipinski definition) is 1. The van der Waals surface area contributed by atoms with Gasteiger partial charge in [0.05, 0.1) is 32.6 Å². The SMILES string of the molecule is CCC1[NH+]2CC3(C)C[NH+]1CC(C)(C2)C3=O. The van der Waals surface area contributed by atoms with Crippen LogP contribution in [0.1, 0.15) is 27.2 Å². The summed E-state index contributed by atoms with van der Waals surface area (Å²) in [6.45, 7) is 11.0. The molecule has 0 unspecified atom stereocenters. The Kier molecular flexibility index (Phi) is 1.72. The van der Waals surface area contributed by atoms with Crippen molar-refractivity contribution in [3.8, 4) is 0 Å². The third-order valence-electron chi connectivity index (χ3n) is 4.96. The van der Waals surface area contributed by atoms with Crippen LogP contribution in [-0.4, -0.2) is 38.1 Å². The van der Waals surface area contributed by atoms with Crippen LogP contribution in [0.5, 0.6) is 0 Å². The molecule has 0 radical (unpaired) electrons. The standard InChI is InChI=1S/C12H20N2O/c1-4-9-13-5-11(2)6-14(9)8-12(3,7-13)10(11)15/h9H,4-8H2,1-3H3/p+2. The molecule has 4 fully saturated rings. The molecular formula is C12H22N2O+2. The van der Waals surface area contributed by atoms with Crippen LogP contribution < -0.4 is 9.80 Å². The molecule has 4 aliphatic heterocycles.